The molecule has 2 aliphatic heterocycles. The zero-order chi connectivity index (χ0) is 18.2. The molecular weight excluding hydrogens is 336 g/mol. The second-order valence-corrected chi connectivity index (χ2v) is 9.58. The predicted molar refractivity (Wildman–Crippen MR) is 100 cm³/mol. The maximum absolute atomic E-state index is 13.1. The Kier molecular flexibility index (Phi) is 5.21. The zero-order valence-corrected chi connectivity index (χ0v) is 16.2. The molecular formula is C19H28N2O3S. The number of aryl methyl sites for hydroxylation is 1. The molecule has 1 amide bonds. The molecule has 0 bridgehead atoms. The Balaban J connectivity index is 1.82. The minimum Gasteiger partial charge on any atom is -0.312 e. The second kappa shape index (κ2) is 7.08. The summed E-state index contributed by atoms with van der Waals surface area (Å²) in [6, 6.07) is 6.40. The number of carbonyl (C=O) groups excluding carboxylic acids is 1. The van der Waals surface area contributed by atoms with E-state index in [1.807, 2.05) is 4.90 Å². The van der Waals surface area contributed by atoms with E-state index in [0.717, 1.165) is 37.9 Å². The smallest absolute Gasteiger partial charge is 0.231 e. The molecule has 0 radical (unpaired) electrons. The van der Waals surface area contributed by atoms with Crippen molar-refractivity contribution in [2.24, 2.45) is 5.92 Å². The van der Waals surface area contributed by atoms with Crippen LogP contribution in [0.2, 0.25) is 0 Å². The standard InChI is InChI=1S/C19H28N2O3S/c1-14(2)15-8-9-18-16(12-15)6-5-11-21(18)19(22)17-7-4-10-20(13-17)25(3,23)24/h8-9,12,14,17H,4-7,10-11,13H2,1-3H3. The van der Waals surface area contributed by atoms with Crippen LogP contribution in [0.1, 0.15) is 50.2 Å². The van der Waals surface area contributed by atoms with Gasteiger partial charge >= 0.3 is 0 Å². The van der Waals surface area contributed by atoms with Crippen LogP contribution in [0.3, 0.4) is 0 Å². The van der Waals surface area contributed by atoms with Crippen LogP contribution in [0.15, 0.2) is 18.2 Å². The van der Waals surface area contributed by atoms with Crippen molar-refractivity contribution in [2.75, 3.05) is 30.8 Å². The summed E-state index contributed by atoms with van der Waals surface area (Å²) in [5.41, 5.74) is 3.55. The van der Waals surface area contributed by atoms with Gasteiger partial charge in [0.1, 0.15) is 0 Å². The number of fused-ring (bicyclic) bond motifs is 1. The van der Waals surface area contributed by atoms with Crippen LogP contribution in [-0.2, 0) is 21.2 Å². The van der Waals surface area contributed by atoms with E-state index in [2.05, 4.69) is 32.0 Å². The topological polar surface area (TPSA) is 57.7 Å². The first kappa shape index (κ1) is 18.4. The van der Waals surface area contributed by atoms with E-state index in [4.69, 9.17) is 0 Å². The van der Waals surface area contributed by atoms with E-state index in [9.17, 15) is 13.2 Å². The van der Waals surface area contributed by atoms with Crippen molar-refractivity contribution in [2.45, 2.75) is 45.4 Å². The number of hydrogen-bond acceptors (Lipinski definition) is 3. The van der Waals surface area contributed by atoms with Gasteiger partial charge in [-0.1, -0.05) is 26.0 Å². The fraction of sp³-hybridized carbons (Fsp3) is 0.632. The minimum absolute atomic E-state index is 0.0756. The summed E-state index contributed by atoms with van der Waals surface area (Å²) >= 11 is 0. The second-order valence-electron chi connectivity index (χ2n) is 7.60. The van der Waals surface area contributed by atoms with Gasteiger partial charge in [0.05, 0.1) is 12.2 Å². The Morgan fingerprint density at radius 3 is 2.64 bits per heavy atom. The molecule has 0 saturated carbocycles. The third kappa shape index (κ3) is 3.90. The Hall–Kier alpha value is -1.40. The molecule has 2 aliphatic rings. The van der Waals surface area contributed by atoms with Crippen LogP contribution >= 0.6 is 0 Å². The summed E-state index contributed by atoms with van der Waals surface area (Å²) in [5.74, 6) is 0.309. The number of rotatable bonds is 3. The summed E-state index contributed by atoms with van der Waals surface area (Å²) < 4.78 is 25.1. The lowest BCUT2D eigenvalue weighted by atomic mass is 9.92. The molecule has 1 saturated heterocycles. The van der Waals surface area contributed by atoms with Crippen molar-refractivity contribution in [1.82, 2.24) is 4.31 Å². The summed E-state index contributed by atoms with van der Waals surface area (Å²) in [6.07, 6.45) is 4.70. The van der Waals surface area contributed by atoms with Crippen LogP contribution in [0.4, 0.5) is 5.69 Å². The molecule has 6 heteroatoms. The monoisotopic (exact) mass is 364 g/mol. The quantitative estimate of drug-likeness (QED) is 0.829. The molecule has 1 aromatic carbocycles. The van der Waals surface area contributed by atoms with Gasteiger partial charge < -0.3 is 4.90 Å². The van der Waals surface area contributed by atoms with Gasteiger partial charge in [0.25, 0.3) is 0 Å². The van der Waals surface area contributed by atoms with E-state index in [-0.39, 0.29) is 11.8 Å². The molecule has 1 aromatic rings. The lowest BCUT2D eigenvalue weighted by Gasteiger charge is -2.36. The molecule has 5 nitrogen and oxygen atoms in total. The highest BCUT2D eigenvalue weighted by molar-refractivity contribution is 7.88. The Labute approximate surface area is 151 Å². The first-order valence-corrected chi connectivity index (χ1v) is 11.0. The molecule has 0 aromatic heterocycles. The number of piperidine rings is 1. The number of carbonyl (C=O) groups is 1. The normalized spacial score (nSPS) is 22.1. The highest BCUT2D eigenvalue weighted by atomic mass is 32.2. The van der Waals surface area contributed by atoms with Crippen LogP contribution in [0.25, 0.3) is 0 Å². The highest BCUT2D eigenvalue weighted by Crippen LogP contribution is 2.32. The van der Waals surface area contributed by atoms with E-state index in [0.29, 0.717) is 19.0 Å². The van der Waals surface area contributed by atoms with Crippen molar-refractivity contribution in [1.29, 1.82) is 0 Å². The van der Waals surface area contributed by atoms with Crippen LogP contribution in [0.5, 0.6) is 0 Å². The van der Waals surface area contributed by atoms with Crippen molar-refractivity contribution < 1.29 is 13.2 Å². The van der Waals surface area contributed by atoms with Crippen LogP contribution in [-0.4, -0.2) is 44.5 Å². The van der Waals surface area contributed by atoms with Gasteiger partial charge in [-0.2, -0.15) is 0 Å². The van der Waals surface area contributed by atoms with Gasteiger partial charge in [-0.15, -0.1) is 0 Å². The van der Waals surface area contributed by atoms with Crippen LogP contribution < -0.4 is 4.90 Å². The maximum atomic E-state index is 13.1. The minimum atomic E-state index is -3.24. The first-order chi connectivity index (χ1) is 11.8. The third-order valence-corrected chi connectivity index (χ3v) is 6.63. The molecule has 0 spiro atoms. The van der Waals surface area contributed by atoms with E-state index in [1.165, 1.54) is 21.7 Å². The summed E-state index contributed by atoms with van der Waals surface area (Å²) in [7, 11) is -3.24. The van der Waals surface area contributed by atoms with Gasteiger partial charge in [-0.25, -0.2) is 12.7 Å². The molecule has 1 atom stereocenters. The molecule has 3 rings (SSSR count). The molecule has 0 N–H and O–H groups in total. The largest absolute Gasteiger partial charge is 0.312 e. The number of nitrogens with zero attached hydrogens (tertiary/aromatic N) is 2. The fourth-order valence-electron chi connectivity index (χ4n) is 3.87. The fourth-order valence-corrected chi connectivity index (χ4v) is 4.78. The van der Waals surface area contributed by atoms with Gasteiger partial charge in [0.15, 0.2) is 0 Å². The van der Waals surface area contributed by atoms with Gasteiger partial charge in [-0.05, 0) is 48.8 Å². The SMILES string of the molecule is CC(C)c1ccc2c(c1)CCCN2C(=O)C1CCCN(S(C)(=O)=O)C1. The van der Waals surface area contributed by atoms with E-state index < -0.39 is 10.0 Å². The third-order valence-electron chi connectivity index (χ3n) is 5.36. The summed E-state index contributed by atoms with van der Waals surface area (Å²) in [6.45, 7) is 5.91. The molecule has 2 heterocycles. The number of hydrogen-bond donors (Lipinski definition) is 0. The van der Waals surface area contributed by atoms with Crippen molar-refractivity contribution in [3.8, 4) is 0 Å². The lowest BCUT2D eigenvalue weighted by molar-refractivity contribution is -0.123. The average molecular weight is 365 g/mol. The molecule has 1 fully saturated rings. The molecule has 138 valence electrons. The summed E-state index contributed by atoms with van der Waals surface area (Å²) in [5, 5.41) is 0. The van der Waals surface area contributed by atoms with E-state index in [1.54, 1.807) is 0 Å². The van der Waals surface area contributed by atoms with Gasteiger partial charge in [0.2, 0.25) is 15.9 Å². The van der Waals surface area contributed by atoms with Crippen molar-refractivity contribution >= 4 is 21.6 Å². The van der Waals surface area contributed by atoms with Crippen LogP contribution in [0, 0.1) is 5.92 Å². The van der Waals surface area contributed by atoms with Gasteiger partial charge in [0, 0.05) is 25.3 Å². The highest BCUT2D eigenvalue weighted by Gasteiger charge is 2.34. The molecule has 0 aliphatic carbocycles. The number of amides is 1. The lowest BCUT2D eigenvalue weighted by Crippen LogP contribution is -2.47. The van der Waals surface area contributed by atoms with Gasteiger partial charge in [-0.3, -0.25) is 4.79 Å². The van der Waals surface area contributed by atoms with E-state index >= 15 is 0 Å². The number of benzene rings is 1. The predicted octanol–water partition coefficient (Wildman–Crippen LogP) is 2.76. The average Bonchev–Trinajstić information content (AvgIpc) is 2.59. The Bertz CT molecular complexity index is 758. The Morgan fingerprint density at radius 2 is 1.96 bits per heavy atom. The number of sulfonamides is 1. The van der Waals surface area contributed by atoms with Crippen molar-refractivity contribution in [3.63, 3.8) is 0 Å². The molecule has 1 unspecified atom stereocenters. The zero-order valence-electron chi connectivity index (χ0n) is 15.4. The van der Waals surface area contributed by atoms with Crippen molar-refractivity contribution in [3.05, 3.63) is 29.3 Å². The maximum Gasteiger partial charge on any atom is 0.231 e. The first-order valence-electron chi connectivity index (χ1n) is 9.16. The molecule has 25 heavy (non-hydrogen) atoms. The summed E-state index contributed by atoms with van der Waals surface area (Å²) in [4.78, 5) is 15.0. The Morgan fingerprint density at radius 1 is 1.20 bits per heavy atom. The number of anilines is 1.